The van der Waals surface area contributed by atoms with E-state index < -0.39 is 0 Å². The third kappa shape index (κ3) is 5.10. The molecule has 88 valence electrons. The Morgan fingerprint density at radius 1 is 1.38 bits per heavy atom. The van der Waals surface area contributed by atoms with E-state index in [1.54, 1.807) is 6.08 Å². The van der Waals surface area contributed by atoms with Crippen molar-refractivity contribution in [1.29, 1.82) is 0 Å². The van der Waals surface area contributed by atoms with E-state index in [4.69, 9.17) is 4.74 Å². The second kappa shape index (κ2) is 7.20. The first-order valence-electron chi connectivity index (χ1n) is 5.67. The maximum absolute atomic E-state index is 9.57. The fraction of sp³-hybridized carbons (Fsp3) is 0.429. The van der Waals surface area contributed by atoms with Crippen molar-refractivity contribution in [2.45, 2.75) is 38.6 Å². The van der Waals surface area contributed by atoms with Crippen LogP contribution in [0.25, 0.3) is 0 Å². The summed E-state index contributed by atoms with van der Waals surface area (Å²) in [5.41, 5.74) is 1.16. The van der Waals surface area contributed by atoms with Crippen LogP contribution in [0.3, 0.4) is 0 Å². The van der Waals surface area contributed by atoms with E-state index in [0.717, 1.165) is 5.56 Å². The summed E-state index contributed by atoms with van der Waals surface area (Å²) in [4.78, 5) is 0. The molecular formula is C14H20O2. The molecule has 1 N–H and O–H groups in total. The van der Waals surface area contributed by atoms with Gasteiger partial charge in [-0.15, -0.1) is 6.58 Å². The Kier molecular flexibility index (Phi) is 5.83. The summed E-state index contributed by atoms with van der Waals surface area (Å²) in [6.07, 6.45) is 2.73. The number of aliphatic hydroxyl groups excluding tert-OH is 1. The van der Waals surface area contributed by atoms with Crippen LogP contribution in [0.4, 0.5) is 0 Å². The van der Waals surface area contributed by atoms with Crippen molar-refractivity contribution < 1.29 is 9.84 Å². The molecule has 1 aromatic carbocycles. The van der Waals surface area contributed by atoms with Gasteiger partial charge in [-0.3, -0.25) is 0 Å². The average Bonchev–Trinajstić information content (AvgIpc) is 2.28. The van der Waals surface area contributed by atoms with Crippen LogP contribution < -0.4 is 0 Å². The molecule has 0 radical (unpaired) electrons. The van der Waals surface area contributed by atoms with E-state index in [-0.39, 0.29) is 12.2 Å². The van der Waals surface area contributed by atoms with E-state index in [1.807, 2.05) is 37.3 Å². The Labute approximate surface area is 97.6 Å². The topological polar surface area (TPSA) is 29.5 Å². The summed E-state index contributed by atoms with van der Waals surface area (Å²) >= 11 is 0. The van der Waals surface area contributed by atoms with Gasteiger partial charge >= 0.3 is 0 Å². The molecule has 2 heteroatoms. The van der Waals surface area contributed by atoms with Crippen molar-refractivity contribution in [2.75, 3.05) is 0 Å². The number of benzene rings is 1. The SMILES string of the molecule is C=CC[C@H](O)C[C@H](C)OCc1ccccc1. The lowest BCUT2D eigenvalue weighted by molar-refractivity contribution is 0.0156. The summed E-state index contributed by atoms with van der Waals surface area (Å²) in [7, 11) is 0. The molecule has 0 aliphatic rings. The maximum atomic E-state index is 9.57. The Balaban J connectivity index is 2.25. The quantitative estimate of drug-likeness (QED) is 0.716. The first-order valence-corrected chi connectivity index (χ1v) is 5.67. The largest absolute Gasteiger partial charge is 0.393 e. The molecule has 1 rings (SSSR count). The maximum Gasteiger partial charge on any atom is 0.0720 e. The van der Waals surface area contributed by atoms with Gasteiger partial charge in [0.05, 0.1) is 18.8 Å². The molecule has 0 heterocycles. The molecule has 0 unspecified atom stereocenters. The van der Waals surface area contributed by atoms with Crippen LogP contribution in [0.5, 0.6) is 0 Å². The predicted octanol–water partition coefficient (Wildman–Crippen LogP) is 2.92. The highest BCUT2D eigenvalue weighted by atomic mass is 16.5. The molecule has 0 aromatic heterocycles. The van der Waals surface area contributed by atoms with Crippen LogP contribution in [0.2, 0.25) is 0 Å². The van der Waals surface area contributed by atoms with Gasteiger partial charge in [0.1, 0.15) is 0 Å². The number of hydrogen-bond donors (Lipinski definition) is 1. The monoisotopic (exact) mass is 220 g/mol. The predicted molar refractivity (Wildman–Crippen MR) is 66.1 cm³/mol. The molecule has 1 aromatic rings. The number of aliphatic hydroxyl groups is 1. The van der Waals surface area contributed by atoms with Gasteiger partial charge in [0.25, 0.3) is 0 Å². The van der Waals surface area contributed by atoms with Gasteiger partial charge in [-0.1, -0.05) is 36.4 Å². The van der Waals surface area contributed by atoms with Gasteiger partial charge in [-0.05, 0) is 25.3 Å². The molecule has 0 saturated heterocycles. The summed E-state index contributed by atoms with van der Waals surface area (Å²) in [5.74, 6) is 0. The van der Waals surface area contributed by atoms with Crippen molar-refractivity contribution >= 4 is 0 Å². The van der Waals surface area contributed by atoms with Crippen molar-refractivity contribution in [3.8, 4) is 0 Å². The van der Waals surface area contributed by atoms with Crippen LogP contribution >= 0.6 is 0 Å². The Morgan fingerprint density at radius 2 is 2.06 bits per heavy atom. The van der Waals surface area contributed by atoms with Crippen molar-refractivity contribution in [3.05, 3.63) is 48.6 Å². The molecule has 0 amide bonds. The summed E-state index contributed by atoms with van der Waals surface area (Å²) in [6.45, 7) is 6.18. The van der Waals surface area contributed by atoms with E-state index in [0.29, 0.717) is 19.4 Å². The molecule has 0 aliphatic heterocycles. The van der Waals surface area contributed by atoms with E-state index in [9.17, 15) is 5.11 Å². The summed E-state index contributed by atoms with van der Waals surface area (Å²) in [6, 6.07) is 10.0. The first-order chi connectivity index (χ1) is 7.72. The zero-order valence-electron chi connectivity index (χ0n) is 9.80. The minimum absolute atomic E-state index is 0.0650. The van der Waals surface area contributed by atoms with Gasteiger partial charge < -0.3 is 9.84 Å². The van der Waals surface area contributed by atoms with Crippen LogP contribution in [0.15, 0.2) is 43.0 Å². The van der Waals surface area contributed by atoms with Gasteiger partial charge in [0, 0.05) is 0 Å². The van der Waals surface area contributed by atoms with Gasteiger partial charge in [-0.25, -0.2) is 0 Å². The highest BCUT2D eigenvalue weighted by Crippen LogP contribution is 2.09. The standard InChI is InChI=1S/C14H20O2/c1-3-7-14(15)10-12(2)16-11-13-8-5-4-6-9-13/h3-6,8-9,12,14-15H,1,7,10-11H2,2H3/t12-,14-/m0/s1. The second-order valence-corrected chi connectivity index (χ2v) is 4.02. The molecule has 0 bridgehead atoms. The number of hydrogen-bond acceptors (Lipinski definition) is 2. The number of rotatable bonds is 7. The van der Waals surface area contributed by atoms with Crippen LogP contribution in [-0.2, 0) is 11.3 Å². The molecule has 0 aliphatic carbocycles. The Hall–Kier alpha value is -1.12. The molecular weight excluding hydrogens is 200 g/mol. The molecule has 0 spiro atoms. The van der Waals surface area contributed by atoms with Crippen LogP contribution in [0.1, 0.15) is 25.3 Å². The smallest absolute Gasteiger partial charge is 0.0720 e. The lowest BCUT2D eigenvalue weighted by atomic mass is 10.1. The fourth-order valence-electron chi connectivity index (χ4n) is 1.55. The van der Waals surface area contributed by atoms with Crippen LogP contribution in [0, 0.1) is 0 Å². The molecule has 16 heavy (non-hydrogen) atoms. The molecule has 0 fully saturated rings. The summed E-state index contributed by atoms with van der Waals surface area (Å²) in [5, 5.41) is 9.57. The minimum Gasteiger partial charge on any atom is -0.393 e. The molecule has 2 nitrogen and oxygen atoms in total. The highest BCUT2D eigenvalue weighted by Gasteiger charge is 2.09. The van der Waals surface area contributed by atoms with Crippen molar-refractivity contribution in [1.82, 2.24) is 0 Å². The zero-order chi connectivity index (χ0) is 11.8. The van der Waals surface area contributed by atoms with Gasteiger partial charge in [0.2, 0.25) is 0 Å². The van der Waals surface area contributed by atoms with Gasteiger partial charge in [-0.2, -0.15) is 0 Å². The van der Waals surface area contributed by atoms with E-state index in [2.05, 4.69) is 6.58 Å². The zero-order valence-corrected chi connectivity index (χ0v) is 9.80. The lowest BCUT2D eigenvalue weighted by Gasteiger charge is -2.16. The van der Waals surface area contributed by atoms with Crippen molar-refractivity contribution in [2.24, 2.45) is 0 Å². The third-order valence-corrected chi connectivity index (χ3v) is 2.42. The minimum atomic E-state index is -0.344. The summed E-state index contributed by atoms with van der Waals surface area (Å²) < 4.78 is 5.65. The van der Waals surface area contributed by atoms with Crippen molar-refractivity contribution in [3.63, 3.8) is 0 Å². The lowest BCUT2D eigenvalue weighted by Crippen LogP contribution is -2.17. The van der Waals surface area contributed by atoms with Crippen LogP contribution in [-0.4, -0.2) is 17.3 Å². The second-order valence-electron chi connectivity index (χ2n) is 4.02. The van der Waals surface area contributed by atoms with Gasteiger partial charge in [0.15, 0.2) is 0 Å². The normalized spacial score (nSPS) is 14.4. The fourth-order valence-corrected chi connectivity index (χ4v) is 1.55. The van der Waals surface area contributed by atoms with E-state index >= 15 is 0 Å². The number of ether oxygens (including phenoxy) is 1. The average molecular weight is 220 g/mol. The Bertz CT molecular complexity index is 295. The molecule has 2 atom stereocenters. The Morgan fingerprint density at radius 3 is 2.69 bits per heavy atom. The van der Waals surface area contributed by atoms with E-state index in [1.165, 1.54) is 0 Å². The first kappa shape index (κ1) is 12.9. The third-order valence-electron chi connectivity index (χ3n) is 2.42. The molecule has 0 saturated carbocycles. The highest BCUT2D eigenvalue weighted by molar-refractivity contribution is 5.13.